The predicted octanol–water partition coefficient (Wildman–Crippen LogP) is 4.02. The minimum absolute atomic E-state index is 1.11. The summed E-state index contributed by atoms with van der Waals surface area (Å²) in [6.45, 7) is 0. The van der Waals surface area contributed by atoms with E-state index in [1.54, 1.807) is 12.8 Å². The van der Waals surface area contributed by atoms with Gasteiger partial charge >= 0.3 is 0 Å². The van der Waals surface area contributed by atoms with Crippen molar-refractivity contribution in [3.8, 4) is 0 Å². The second kappa shape index (κ2) is 2.22. The van der Waals surface area contributed by atoms with E-state index in [9.17, 15) is 0 Å². The van der Waals surface area contributed by atoms with Crippen LogP contribution in [0.3, 0.4) is 0 Å². The maximum absolute atomic E-state index is 1.83. The largest absolute Gasteiger partial charge is 0.0496 e. The summed E-state index contributed by atoms with van der Waals surface area (Å²) in [6.07, 6.45) is 7.23. The molecule has 0 saturated heterocycles. The Kier molecular flexibility index (Phi) is 0.761. The first kappa shape index (κ1) is 14.4. The van der Waals surface area contributed by atoms with Gasteiger partial charge in [0.25, 0.3) is 0 Å². The monoisotopic (exact) mass is 532 g/mol. The van der Waals surface area contributed by atoms with E-state index in [1.807, 2.05) is 12.8 Å². The zero-order valence-electron chi connectivity index (χ0n) is 23.4. The predicted molar refractivity (Wildman–Crippen MR) is 132 cm³/mol. The second-order valence-corrected chi connectivity index (χ2v) is 26.7. The van der Waals surface area contributed by atoms with Gasteiger partial charge in [0, 0.05) is 0 Å². The summed E-state index contributed by atoms with van der Waals surface area (Å²) in [4.78, 5) is 0. The first-order valence-electron chi connectivity index (χ1n) is 20.9. The number of hydrogen-bond donors (Lipinski definition) is 0. The van der Waals surface area contributed by atoms with Crippen molar-refractivity contribution in [1.29, 1.82) is 0 Å². The standard InChI is InChI=1S/C42H28/c1-2-6-12-18-11-5(1)13-19-23-21-16-9-3-7-15-8-4-10-17-22-24-20-14(6)28(12)30(18)27(11,13)33(19)37(23)35(21)31(16)25(7,9)29(15)26(8,10)32(17)36(22)38(24)34(20,28)40(30,33)42(37,38)41(35,36)39(29,31)32/h5-24H,1-4H2. The first-order chi connectivity index (χ1) is 20.9. The fourth-order valence-electron chi connectivity index (χ4n) is 44.4. The van der Waals surface area contributed by atoms with Crippen molar-refractivity contribution in [2.75, 3.05) is 0 Å². The molecule has 18 spiro atoms. The third-order valence-corrected chi connectivity index (χ3v) is 35.3. The minimum Gasteiger partial charge on any atom is -0.0496 e. The molecule has 0 amide bonds. The number of fused-ring (bicyclic) bond motifs is 14. The molecule has 30 unspecified atom stereocenters. The number of rotatable bonds is 0. The minimum atomic E-state index is 1.11. The molecule has 29 saturated carbocycles. The molecule has 0 aromatic rings. The van der Waals surface area contributed by atoms with E-state index in [-0.39, 0.29) is 0 Å². The van der Waals surface area contributed by atoms with E-state index < -0.39 is 0 Å². The van der Waals surface area contributed by atoms with Crippen LogP contribution in [0.5, 0.6) is 0 Å². The average Bonchev–Trinajstić information content (AvgIpc) is 2.87. The Hall–Kier alpha value is 0. The molecule has 196 valence electrons. The van der Waals surface area contributed by atoms with Crippen molar-refractivity contribution < 1.29 is 0 Å². The molecule has 0 N–H and O–H groups in total. The zero-order chi connectivity index (χ0) is 23.4. The highest BCUT2D eigenvalue weighted by Crippen LogP contribution is 3.64. The van der Waals surface area contributed by atoms with E-state index >= 15 is 0 Å². The Morgan fingerprint density at radius 1 is 0.262 bits per heavy atom. The highest BCUT2D eigenvalue weighted by Gasteiger charge is 3.63. The third-order valence-electron chi connectivity index (χ3n) is 35.3. The Morgan fingerprint density at radius 2 is 0.619 bits per heavy atom. The summed E-state index contributed by atoms with van der Waals surface area (Å²) in [5.74, 6) is 27.6. The van der Waals surface area contributed by atoms with Crippen LogP contribution in [0.2, 0.25) is 0 Å². The lowest BCUT2D eigenvalue weighted by Gasteiger charge is -3.62. The summed E-state index contributed by atoms with van der Waals surface area (Å²) in [5.41, 5.74) is 20.3. The van der Waals surface area contributed by atoms with Crippen molar-refractivity contribution in [2.45, 2.75) is 25.7 Å². The summed E-state index contributed by atoms with van der Waals surface area (Å²) in [6, 6.07) is 0. The van der Waals surface area contributed by atoms with E-state index in [0.717, 1.165) is 97.5 Å². The lowest BCUT2D eigenvalue weighted by Crippen LogP contribution is -3.61. The maximum Gasteiger partial charge on any atom is -0.000728 e. The molecule has 0 heteroatoms. The molecular weight excluding hydrogens is 504 g/mol. The van der Waals surface area contributed by atoms with Gasteiger partial charge in [0.15, 0.2) is 0 Å². The lowest BCUT2D eigenvalue weighted by atomic mass is 8.40. The molecule has 29 rings (SSSR count). The summed E-state index contributed by atoms with van der Waals surface area (Å²) < 4.78 is 0. The quantitative estimate of drug-likeness (QED) is 0.442. The lowest BCUT2D eigenvalue weighted by molar-refractivity contribution is -1.18. The van der Waals surface area contributed by atoms with Crippen LogP contribution in [0.15, 0.2) is 0 Å². The molecule has 29 aliphatic rings. The van der Waals surface area contributed by atoms with Crippen molar-refractivity contribution >= 4 is 0 Å². The molecule has 30 atom stereocenters. The van der Waals surface area contributed by atoms with Crippen LogP contribution >= 0.6 is 0 Å². The van der Waals surface area contributed by atoms with Gasteiger partial charge in [0.05, 0.1) is 0 Å². The van der Waals surface area contributed by atoms with E-state index in [2.05, 4.69) is 0 Å². The van der Waals surface area contributed by atoms with E-state index in [4.69, 9.17) is 0 Å². The third kappa shape index (κ3) is 0.320. The normalized spacial score (nSPS) is 136. The van der Waals surface area contributed by atoms with Gasteiger partial charge in [0.1, 0.15) is 0 Å². The van der Waals surface area contributed by atoms with Gasteiger partial charge in [-0.1, -0.05) is 0 Å². The van der Waals surface area contributed by atoms with E-state index in [1.165, 1.54) is 118 Å². The van der Waals surface area contributed by atoms with Crippen LogP contribution in [-0.4, -0.2) is 0 Å². The zero-order valence-corrected chi connectivity index (χ0v) is 23.4. The molecule has 42 heavy (non-hydrogen) atoms. The van der Waals surface area contributed by atoms with Crippen molar-refractivity contribution in [2.24, 2.45) is 216 Å². The Morgan fingerprint density at radius 3 is 1.12 bits per heavy atom. The van der Waals surface area contributed by atoms with Gasteiger partial charge in [-0.25, -0.2) is 0 Å². The number of hydrogen-bond acceptors (Lipinski definition) is 0. The van der Waals surface area contributed by atoms with Crippen molar-refractivity contribution in [3.63, 3.8) is 0 Å². The summed E-state index contributed by atoms with van der Waals surface area (Å²) >= 11 is 0. The van der Waals surface area contributed by atoms with Crippen LogP contribution < -0.4 is 0 Å². The van der Waals surface area contributed by atoms with Crippen LogP contribution in [0, 0.1) is 216 Å². The maximum atomic E-state index is 1.83. The van der Waals surface area contributed by atoms with Gasteiger partial charge in [0.2, 0.25) is 0 Å². The van der Waals surface area contributed by atoms with Crippen molar-refractivity contribution in [1.82, 2.24) is 0 Å². The molecule has 0 aromatic carbocycles. The van der Waals surface area contributed by atoms with Gasteiger partial charge in [-0.3, -0.25) is 0 Å². The molecule has 0 aromatic heterocycles. The van der Waals surface area contributed by atoms with E-state index in [0.29, 0.717) is 0 Å². The second-order valence-electron chi connectivity index (χ2n) is 26.7. The highest BCUT2D eigenvalue weighted by molar-refractivity contribution is 6.08. The Labute approximate surface area is 241 Å². The van der Waals surface area contributed by atoms with Gasteiger partial charge in [-0.15, -0.1) is 0 Å². The average molecular weight is 533 g/mol. The van der Waals surface area contributed by atoms with Gasteiger partial charge in [-0.05, 0) is 242 Å². The van der Waals surface area contributed by atoms with Crippen LogP contribution in [0.4, 0.5) is 0 Å². The molecule has 0 aliphatic heterocycles. The Balaban J connectivity index is 0.937. The molecular formula is C42H28. The SMILES string of the molecule is C1CC2C3C4C5C1C1C6C7C8C9C%10CC%11C%12C%13CC%14C%15C%16C%17C%18C2C32C43C51C61C74C85C96C%11%10C%127C%13%14C%158C%169C%17%10C%182C31C4%10C59C768. The summed E-state index contributed by atoms with van der Waals surface area (Å²) in [7, 11) is 0. The van der Waals surface area contributed by atoms with Gasteiger partial charge in [-0.2, -0.15) is 0 Å². The highest BCUT2D eigenvalue weighted by atomic mass is 15.7. The van der Waals surface area contributed by atoms with Crippen LogP contribution in [0.1, 0.15) is 25.7 Å². The molecule has 0 heterocycles. The molecule has 0 bridgehead atoms. The summed E-state index contributed by atoms with van der Waals surface area (Å²) in [5, 5.41) is 0. The van der Waals surface area contributed by atoms with Crippen LogP contribution in [-0.2, 0) is 0 Å². The topological polar surface area (TPSA) is 0 Å². The molecule has 0 radical (unpaired) electrons. The molecule has 0 nitrogen and oxygen atoms in total. The van der Waals surface area contributed by atoms with Crippen LogP contribution in [0.25, 0.3) is 0 Å². The smallest absolute Gasteiger partial charge is 0.000728 e. The fraction of sp³-hybridized carbons (Fsp3) is 1.00. The molecule has 29 aliphatic carbocycles. The molecule has 29 fully saturated rings. The Bertz CT molecular complexity index is 2400. The van der Waals surface area contributed by atoms with Crippen molar-refractivity contribution in [3.05, 3.63) is 0 Å². The fourth-order valence-corrected chi connectivity index (χ4v) is 44.4. The van der Waals surface area contributed by atoms with Gasteiger partial charge < -0.3 is 0 Å². The first-order valence-corrected chi connectivity index (χ1v) is 20.9.